The Morgan fingerprint density at radius 2 is 2.30 bits per heavy atom. The second-order valence-corrected chi connectivity index (χ2v) is 5.45. The van der Waals surface area contributed by atoms with Gasteiger partial charge in [-0.15, -0.1) is 10.2 Å². The van der Waals surface area contributed by atoms with Crippen molar-refractivity contribution in [2.75, 3.05) is 6.54 Å². The van der Waals surface area contributed by atoms with E-state index in [0.717, 1.165) is 19.0 Å². The summed E-state index contributed by atoms with van der Waals surface area (Å²) in [6.07, 6.45) is 7.55. The van der Waals surface area contributed by atoms with E-state index in [-0.39, 0.29) is 6.04 Å². The van der Waals surface area contributed by atoms with Gasteiger partial charge in [-0.25, -0.2) is 0 Å². The second-order valence-electron chi connectivity index (χ2n) is 5.45. The Morgan fingerprint density at radius 3 is 3.00 bits per heavy atom. The van der Waals surface area contributed by atoms with Crippen molar-refractivity contribution in [2.45, 2.75) is 51.7 Å². The van der Waals surface area contributed by atoms with Crippen LogP contribution in [0.4, 0.5) is 0 Å². The molecule has 0 amide bonds. The van der Waals surface area contributed by atoms with Crippen molar-refractivity contribution >= 4 is 0 Å². The summed E-state index contributed by atoms with van der Waals surface area (Å²) >= 11 is 0. The van der Waals surface area contributed by atoms with Crippen LogP contribution in [0.5, 0.6) is 0 Å². The van der Waals surface area contributed by atoms with E-state index in [2.05, 4.69) is 27.1 Å². The predicted octanol–water partition coefficient (Wildman–Crippen LogP) is 2.19. The Kier molecular flexibility index (Phi) is 3.82. The van der Waals surface area contributed by atoms with Crippen LogP contribution in [0.15, 0.2) is 22.9 Å². The number of likely N-dealkylation sites (tertiary alicyclic amines) is 1. The highest BCUT2D eigenvalue weighted by Crippen LogP contribution is 2.28. The zero-order valence-electron chi connectivity index (χ0n) is 12.1. The quantitative estimate of drug-likeness (QED) is 0.856. The SMILES string of the molecule is Cc1nnc([C@@H](C)N2CCCC[C@@H]2Cn2cccn2)o1. The highest BCUT2D eigenvalue weighted by atomic mass is 16.4. The second kappa shape index (κ2) is 5.75. The first-order valence-electron chi connectivity index (χ1n) is 7.27. The molecule has 1 aliphatic rings. The Bertz CT molecular complexity index is 536. The molecule has 1 fully saturated rings. The van der Waals surface area contributed by atoms with Gasteiger partial charge in [0.2, 0.25) is 11.8 Å². The molecule has 0 aliphatic carbocycles. The van der Waals surface area contributed by atoms with Gasteiger partial charge in [0.1, 0.15) is 0 Å². The highest BCUT2D eigenvalue weighted by Gasteiger charge is 2.30. The summed E-state index contributed by atoms with van der Waals surface area (Å²) in [5, 5.41) is 12.4. The first-order valence-corrected chi connectivity index (χ1v) is 7.27. The third-order valence-electron chi connectivity index (χ3n) is 4.03. The molecule has 2 aromatic heterocycles. The van der Waals surface area contributed by atoms with E-state index >= 15 is 0 Å². The smallest absolute Gasteiger partial charge is 0.233 e. The normalized spacial score (nSPS) is 22.0. The van der Waals surface area contributed by atoms with Crippen LogP contribution in [0.3, 0.4) is 0 Å². The summed E-state index contributed by atoms with van der Waals surface area (Å²) in [6, 6.07) is 2.61. The van der Waals surface area contributed by atoms with Crippen LogP contribution in [-0.2, 0) is 6.54 Å². The molecule has 3 heterocycles. The fourth-order valence-corrected chi connectivity index (χ4v) is 2.98. The molecule has 0 spiro atoms. The lowest BCUT2D eigenvalue weighted by atomic mass is 10.00. The monoisotopic (exact) mass is 275 g/mol. The maximum absolute atomic E-state index is 5.60. The minimum Gasteiger partial charge on any atom is -0.424 e. The molecular weight excluding hydrogens is 254 g/mol. The summed E-state index contributed by atoms with van der Waals surface area (Å²) in [4.78, 5) is 2.47. The number of aromatic nitrogens is 4. The molecule has 0 saturated carbocycles. The van der Waals surface area contributed by atoms with Crippen LogP contribution in [0.1, 0.15) is 44.0 Å². The Morgan fingerprint density at radius 1 is 1.40 bits per heavy atom. The minimum absolute atomic E-state index is 0.164. The Labute approximate surface area is 118 Å². The summed E-state index contributed by atoms with van der Waals surface area (Å²) < 4.78 is 7.60. The van der Waals surface area contributed by atoms with Gasteiger partial charge >= 0.3 is 0 Å². The molecule has 0 radical (unpaired) electrons. The highest BCUT2D eigenvalue weighted by molar-refractivity contribution is 4.92. The van der Waals surface area contributed by atoms with Crippen LogP contribution in [0, 0.1) is 6.92 Å². The van der Waals surface area contributed by atoms with E-state index in [4.69, 9.17) is 4.42 Å². The molecule has 3 rings (SSSR count). The molecule has 6 nitrogen and oxygen atoms in total. The van der Waals surface area contributed by atoms with E-state index in [0.29, 0.717) is 11.9 Å². The van der Waals surface area contributed by atoms with Gasteiger partial charge in [0, 0.05) is 25.4 Å². The van der Waals surface area contributed by atoms with Crippen LogP contribution in [-0.4, -0.2) is 37.5 Å². The van der Waals surface area contributed by atoms with E-state index in [1.54, 1.807) is 0 Å². The van der Waals surface area contributed by atoms with Crippen molar-refractivity contribution in [1.82, 2.24) is 24.9 Å². The van der Waals surface area contributed by atoms with Gasteiger partial charge in [0.25, 0.3) is 0 Å². The van der Waals surface area contributed by atoms with Gasteiger partial charge in [-0.05, 0) is 32.4 Å². The average molecular weight is 275 g/mol. The Hall–Kier alpha value is -1.69. The molecule has 0 N–H and O–H groups in total. The van der Waals surface area contributed by atoms with Gasteiger partial charge in [0.15, 0.2) is 0 Å². The van der Waals surface area contributed by atoms with E-state index < -0.39 is 0 Å². The molecule has 0 bridgehead atoms. The molecule has 20 heavy (non-hydrogen) atoms. The van der Waals surface area contributed by atoms with Gasteiger partial charge in [-0.2, -0.15) is 5.10 Å². The van der Waals surface area contributed by atoms with Gasteiger partial charge in [-0.1, -0.05) is 6.42 Å². The first kappa shape index (κ1) is 13.3. The molecule has 6 heteroatoms. The number of hydrogen-bond acceptors (Lipinski definition) is 5. The number of nitrogens with zero attached hydrogens (tertiary/aromatic N) is 5. The summed E-state index contributed by atoms with van der Waals surface area (Å²) in [5.74, 6) is 1.35. The number of aryl methyl sites for hydroxylation is 1. The summed E-state index contributed by atoms with van der Waals surface area (Å²) in [5.41, 5.74) is 0. The van der Waals surface area contributed by atoms with Crippen molar-refractivity contribution in [3.8, 4) is 0 Å². The third-order valence-corrected chi connectivity index (χ3v) is 4.03. The maximum Gasteiger partial charge on any atom is 0.233 e. The lowest BCUT2D eigenvalue weighted by Gasteiger charge is -2.38. The fraction of sp³-hybridized carbons (Fsp3) is 0.643. The Balaban J connectivity index is 1.74. The van der Waals surface area contributed by atoms with E-state index in [9.17, 15) is 0 Å². The van der Waals surface area contributed by atoms with Crippen molar-refractivity contribution in [1.29, 1.82) is 0 Å². The largest absolute Gasteiger partial charge is 0.424 e. The van der Waals surface area contributed by atoms with Crippen molar-refractivity contribution in [2.24, 2.45) is 0 Å². The van der Waals surface area contributed by atoms with E-state index in [1.165, 1.54) is 19.3 Å². The predicted molar refractivity (Wildman–Crippen MR) is 74.0 cm³/mol. The van der Waals surface area contributed by atoms with Crippen LogP contribution in [0.25, 0.3) is 0 Å². The standard InChI is InChI=1S/C14H21N5O/c1-11(14-17-16-12(2)20-14)19-9-4-3-6-13(19)10-18-8-5-7-15-18/h5,7-8,11,13H,3-4,6,9-10H2,1-2H3/t11-,13-/m1/s1. The summed E-state index contributed by atoms with van der Waals surface area (Å²) in [7, 11) is 0. The zero-order valence-corrected chi connectivity index (χ0v) is 12.1. The van der Waals surface area contributed by atoms with Gasteiger partial charge in [-0.3, -0.25) is 9.58 Å². The molecule has 0 aromatic carbocycles. The van der Waals surface area contributed by atoms with Crippen LogP contribution < -0.4 is 0 Å². The van der Waals surface area contributed by atoms with Gasteiger partial charge in [0.05, 0.1) is 12.6 Å². The van der Waals surface area contributed by atoms with Crippen LogP contribution in [0.2, 0.25) is 0 Å². The third kappa shape index (κ3) is 2.75. The zero-order chi connectivity index (χ0) is 13.9. The number of rotatable bonds is 4. The molecular formula is C14H21N5O. The molecule has 108 valence electrons. The summed E-state index contributed by atoms with van der Waals surface area (Å²) in [6.45, 7) is 5.98. The maximum atomic E-state index is 5.60. The van der Waals surface area contributed by atoms with E-state index in [1.807, 2.05) is 30.1 Å². The van der Waals surface area contributed by atoms with Crippen molar-refractivity contribution < 1.29 is 4.42 Å². The minimum atomic E-state index is 0.164. The number of hydrogen-bond donors (Lipinski definition) is 0. The molecule has 2 atom stereocenters. The molecule has 1 aliphatic heterocycles. The van der Waals surface area contributed by atoms with Crippen molar-refractivity contribution in [3.05, 3.63) is 30.2 Å². The first-order chi connectivity index (χ1) is 9.74. The van der Waals surface area contributed by atoms with Gasteiger partial charge < -0.3 is 4.42 Å². The molecule has 0 unspecified atom stereocenters. The lowest BCUT2D eigenvalue weighted by molar-refractivity contribution is 0.0748. The lowest BCUT2D eigenvalue weighted by Crippen LogP contribution is -2.43. The van der Waals surface area contributed by atoms with Crippen LogP contribution >= 0.6 is 0 Å². The number of piperidine rings is 1. The topological polar surface area (TPSA) is 60.0 Å². The molecule has 2 aromatic rings. The fourth-order valence-electron chi connectivity index (χ4n) is 2.98. The van der Waals surface area contributed by atoms with Crippen molar-refractivity contribution in [3.63, 3.8) is 0 Å². The molecule has 1 saturated heterocycles. The average Bonchev–Trinajstić information content (AvgIpc) is 3.10.